The largest absolute Gasteiger partial charge is 0.352 e. The van der Waals surface area contributed by atoms with Crippen LogP contribution < -0.4 is 16.4 Å². The number of carbonyl (C=O) groups excluding carboxylic acids is 3. The Labute approximate surface area is 127 Å². The van der Waals surface area contributed by atoms with Gasteiger partial charge in [0.1, 0.15) is 0 Å². The quantitative estimate of drug-likeness (QED) is 0.664. The molecule has 114 valence electrons. The van der Waals surface area contributed by atoms with Gasteiger partial charge in [-0.05, 0) is 18.4 Å². The van der Waals surface area contributed by atoms with Crippen LogP contribution in [0.4, 0.5) is 10.5 Å². The van der Waals surface area contributed by atoms with E-state index in [1.54, 1.807) is 6.07 Å². The number of anilines is 1. The highest BCUT2D eigenvalue weighted by molar-refractivity contribution is 7.98. The summed E-state index contributed by atoms with van der Waals surface area (Å²) in [5, 5.41) is 4.93. The topological polar surface area (TPSA) is 105 Å². The van der Waals surface area contributed by atoms with Crippen LogP contribution >= 0.6 is 11.8 Å². The predicted octanol–water partition coefficient (Wildman–Crippen LogP) is 0.474. The molecule has 0 aliphatic rings. The van der Waals surface area contributed by atoms with Crippen molar-refractivity contribution in [1.82, 2.24) is 10.2 Å². The fourth-order valence-corrected chi connectivity index (χ4v) is 2.09. The maximum atomic E-state index is 11.9. The first-order valence-electron chi connectivity index (χ1n) is 6.14. The zero-order valence-corrected chi connectivity index (χ0v) is 12.7. The zero-order chi connectivity index (χ0) is 15.8. The van der Waals surface area contributed by atoms with Gasteiger partial charge in [0.25, 0.3) is 0 Å². The van der Waals surface area contributed by atoms with Gasteiger partial charge in [-0.2, -0.15) is 0 Å². The minimum absolute atomic E-state index is 0.109. The summed E-state index contributed by atoms with van der Waals surface area (Å²) < 4.78 is 0. The highest BCUT2D eigenvalue weighted by atomic mass is 32.2. The second-order valence-electron chi connectivity index (χ2n) is 4.22. The second-order valence-corrected chi connectivity index (χ2v) is 5.06. The van der Waals surface area contributed by atoms with Gasteiger partial charge in [-0.25, -0.2) is 4.79 Å². The van der Waals surface area contributed by atoms with Crippen molar-refractivity contribution in [2.75, 3.05) is 31.7 Å². The molecule has 0 saturated carbocycles. The molecule has 4 amide bonds. The Hall–Kier alpha value is -2.22. The maximum absolute atomic E-state index is 11.9. The third-order valence-corrected chi connectivity index (χ3v) is 3.40. The average Bonchev–Trinajstić information content (AvgIpc) is 2.44. The van der Waals surface area contributed by atoms with E-state index < -0.39 is 11.9 Å². The van der Waals surface area contributed by atoms with Crippen LogP contribution in [-0.2, 0) is 9.59 Å². The number of nitrogens with two attached hydrogens (primary N) is 1. The first-order chi connectivity index (χ1) is 9.93. The molecule has 0 atom stereocenters. The highest BCUT2D eigenvalue weighted by Crippen LogP contribution is 2.24. The standard InChI is InChI=1S/C13H18N4O3S/c1-17(12(19)7-15-13(14)20)8-11(18)16-9-5-3-4-6-10(9)21-2/h3-6H,7-8H2,1-2H3,(H,16,18)(H3,14,15,20). The number of nitrogens with zero attached hydrogens (tertiary/aromatic N) is 1. The van der Waals surface area contributed by atoms with Gasteiger partial charge in [-0.1, -0.05) is 12.1 Å². The number of para-hydroxylation sites is 1. The van der Waals surface area contributed by atoms with Gasteiger partial charge in [0.2, 0.25) is 11.8 Å². The molecule has 0 heterocycles. The number of thioether (sulfide) groups is 1. The summed E-state index contributed by atoms with van der Waals surface area (Å²) in [4.78, 5) is 36.2. The van der Waals surface area contributed by atoms with E-state index in [0.717, 1.165) is 4.90 Å². The van der Waals surface area contributed by atoms with Gasteiger partial charge in [0, 0.05) is 11.9 Å². The molecule has 1 aromatic rings. The molecule has 1 rings (SSSR count). The first kappa shape index (κ1) is 16.8. The Morgan fingerprint density at radius 3 is 2.57 bits per heavy atom. The van der Waals surface area contributed by atoms with E-state index in [1.165, 1.54) is 23.7 Å². The van der Waals surface area contributed by atoms with Crippen LogP contribution in [0, 0.1) is 0 Å². The van der Waals surface area contributed by atoms with E-state index in [2.05, 4.69) is 10.6 Å². The summed E-state index contributed by atoms with van der Waals surface area (Å²) in [6.45, 7) is -0.345. The molecule has 0 unspecified atom stereocenters. The molecule has 0 saturated heterocycles. The lowest BCUT2D eigenvalue weighted by Gasteiger charge is -2.17. The van der Waals surface area contributed by atoms with Crippen LogP contribution in [-0.4, -0.2) is 49.1 Å². The van der Waals surface area contributed by atoms with E-state index in [1.807, 2.05) is 24.5 Å². The van der Waals surface area contributed by atoms with Crippen LogP contribution in [0.3, 0.4) is 0 Å². The summed E-state index contributed by atoms with van der Waals surface area (Å²) in [5.74, 6) is -0.714. The molecular formula is C13H18N4O3S. The number of carbonyl (C=O) groups is 3. The second kappa shape index (κ2) is 8.15. The van der Waals surface area contributed by atoms with Gasteiger partial charge >= 0.3 is 6.03 Å². The number of primary amides is 1. The number of urea groups is 1. The molecule has 7 nitrogen and oxygen atoms in total. The van der Waals surface area contributed by atoms with Gasteiger partial charge in [0.15, 0.2) is 0 Å². The molecular weight excluding hydrogens is 292 g/mol. The number of likely N-dealkylation sites (N-methyl/N-ethyl adjacent to an activating group) is 1. The van der Waals surface area contributed by atoms with Crippen molar-refractivity contribution >= 4 is 35.3 Å². The average molecular weight is 310 g/mol. The van der Waals surface area contributed by atoms with Crippen LogP contribution in [0.1, 0.15) is 0 Å². The third kappa shape index (κ3) is 5.74. The number of hydrogen-bond acceptors (Lipinski definition) is 4. The van der Waals surface area contributed by atoms with Crippen LogP contribution in [0.15, 0.2) is 29.2 Å². The van der Waals surface area contributed by atoms with E-state index >= 15 is 0 Å². The Balaban J connectivity index is 2.53. The molecule has 0 bridgehead atoms. The maximum Gasteiger partial charge on any atom is 0.312 e. The molecule has 8 heteroatoms. The van der Waals surface area contributed by atoms with E-state index in [9.17, 15) is 14.4 Å². The smallest absolute Gasteiger partial charge is 0.312 e. The van der Waals surface area contributed by atoms with Crippen molar-refractivity contribution < 1.29 is 14.4 Å². The molecule has 0 radical (unpaired) electrons. The molecule has 1 aromatic carbocycles. The van der Waals surface area contributed by atoms with Crippen molar-refractivity contribution in [3.63, 3.8) is 0 Å². The highest BCUT2D eigenvalue weighted by Gasteiger charge is 2.14. The SMILES string of the molecule is CSc1ccccc1NC(=O)CN(C)C(=O)CNC(N)=O. The zero-order valence-electron chi connectivity index (χ0n) is 11.9. The fourth-order valence-electron chi connectivity index (χ4n) is 1.54. The minimum atomic E-state index is -0.782. The van der Waals surface area contributed by atoms with Gasteiger partial charge < -0.3 is 21.3 Å². The van der Waals surface area contributed by atoms with Gasteiger partial charge in [-0.3, -0.25) is 9.59 Å². The lowest BCUT2D eigenvalue weighted by molar-refractivity contribution is -0.132. The lowest BCUT2D eigenvalue weighted by Crippen LogP contribution is -2.42. The molecule has 21 heavy (non-hydrogen) atoms. The minimum Gasteiger partial charge on any atom is -0.352 e. The Morgan fingerprint density at radius 2 is 1.95 bits per heavy atom. The summed E-state index contributed by atoms with van der Waals surface area (Å²) in [5.41, 5.74) is 5.57. The van der Waals surface area contributed by atoms with E-state index in [4.69, 9.17) is 5.73 Å². The van der Waals surface area contributed by atoms with Crippen molar-refractivity contribution in [2.24, 2.45) is 5.73 Å². The first-order valence-corrected chi connectivity index (χ1v) is 7.36. The monoisotopic (exact) mass is 310 g/mol. The van der Waals surface area contributed by atoms with Crippen LogP contribution in [0.5, 0.6) is 0 Å². The number of benzene rings is 1. The van der Waals surface area contributed by atoms with Gasteiger partial charge in [-0.15, -0.1) is 11.8 Å². The summed E-state index contributed by atoms with van der Waals surface area (Å²) in [7, 11) is 1.48. The van der Waals surface area contributed by atoms with Crippen LogP contribution in [0.2, 0.25) is 0 Å². The number of amides is 4. The Kier molecular flexibility index (Phi) is 6.54. The molecule has 0 spiro atoms. The summed E-state index contributed by atoms with van der Waals surface area (Å²) >= 11 is 1.52. The van der Waals surface area contributed by atoms with Crippen molar-refractivity contribution in [3.05, 3.63) is 24.3 Å². The molecule has 0 fully saturated rings. The lowest BCUT2D eigenvalue weighted by atomic mass is 10.3. The Bertz CT molecular complexity index is 536. The van der Waals surface area contributed by atoms with Crippen LogP contribution in [0.25, 0.3) is 0 Å². The summed E-state index contributed by atoms with van der Waals surface area (Å²) in [6, 6.07) is 6.61. The van der Waals surface area contributed by atoms with E-state index in [-0.39, 0.29) is 19.0 Å². The normalized spacial score (nSPS) is 9.81. The molecule has 4 N–H and O–H groups in total. The van der Waals surface area contributed by atoms with Crippen molar-refractivity contribution in [3.8, 4) is 0 Å². The van der Waals surface area contributed by atoms with Crippen molar-refractivity contribution in [2.45, 2.75) is 4.90 Å². The fraction of sp³-hybridized carbons (Fsp3) is 0.308. The van der Waals surface area contributed by atoms with E-state index in [0.29, 0.717) is 5.69 Å². The van der Waals surface area contributed by atoms with Gasteiger partial charge in [0.05, 0.1) is 18.8 Å². The molecule has 0 aromatic heterocycles. The van der Waals surface area contributed by atoms with Crippen molar-refractivity contribution in [1.29, 1.82) is 0 Å². The number of hydrogen-bond donors (Lipinski definition) is 3. The molecule has 0 aliphatic carbocycles. The summed E-state index contributed by atoms with van der Waals surface area (Å²) in [6.07, 6.45) is 1.91. The predicted molar refractivity (Wildman–Crippen MR) is 82.1 cm³/mol. The third-order valence-electron chi connectivity index (χ3n) is 2.60. The number of rotatable bonds is 6. The number of nitrogens with one attached hydrogen (secondary N) is 2. The molecule has 0 aliphatic heterocycles. The Morgan fingerprint density at radius 1 is 1.29 bits per heavy atom.